The van der Waals surface area contributed by atoms with E-state index in [1.807, 2.05) is 55.5 Å². The van der Waals surface area contributed by atoms with E-state index in [2.05, 4.69) is 77.2 Å². The molecule has 0 saturated carbocycles. The molecule has 1 fully saturated rings. The molecular weight excluding hydrogens is 550 g/mol. The van der Waals surface area contributed by atoms with Crippen molar-refractivity contribution in [2.45, 2.75) is 45.0 Å². The van der Waals surface area contributed by atoms with Gasteiger partial charge in [0, 0.05) is 37.3 Å². The Morgan fingerprint density at radius 3 is 2.25 bits per heavy atom. The highest BCUT2D eigenvalue weighted by atomic mass is 16.7. The summed E-state index contributed by atoms with van der Waals surface area (Å²) in [7, 11) is 2.15. The van der Waals surface area contributed by atoms with Crippen LogP contribution in [0.4, 0.5) is 10.5 Å². The van der Waals surface area contributed by atoms with Crippen molar-refractivity contribution in [1.29, 1.82) is 0 Å². The van der Waals surface area contributed by atoms with E-state index in [0.717, 1.165) is 23.2 Å². The number of anilines is 1. The van der Waals surface area contributed by atoms with Gasteiger partial charge in [-0.2, -0.15) is 0 Å². The van der Waals surface area contributed by atoms with Gasteiger partial charge in [0.2, 0.25) is 0 Å². The number of nitrogens with zero attached hydrogens (tertiary/aromatic N) is 1. The molecule has 5 aromatic carbocycles. The average molecular weight is 590 g/mol. The maximum Gasteiger partial charge on any atom is 0.319 e. The minimum absolute atomic E-state index is 0.000783. The fourth-order valence-electron chi connectivity index (χ4n) is 6.09. The first-order valence-electron chi connectivity index (χ1n) is 15.2. The maximum absolute atomic E-state index is 12.2. The number of amides is 2. The van der Waals surface area contributed by atoms with E-state index in [1.165, 1.54) is 27.1 Å². The van der Waals surface area contributed by atoms with Crippen LogP contribution < -0.4 is 10.6 Å². The lowest BCUT2D eigenvalue weighted by molar-refractivity contribution is -0.252. The number of benzene rings is 5. The topological polar surface area (TPSA) is 83.1 Å². The van der Waals surface area contributed by atoms with Crippen molar-refractivity contribution in [2.24, 2.45) is 0 Å². The minimum Gasteiger partial charge on any atom is -0.392 e. The summed E-state index contributed by atoms with van der Waals surface area (Å²) in [6.07, 6.45) is -0.230. The van der Waals surface area contributed by atoms with Gasteiger partial charge in [-0.15, -0.1) is 0 Å². The van der Waals surface area contributed by atoms with Crippen LogP contribution in [-0.4, -0.2) is 42.3 Å². The Kier molecular flexibility index (Phi) is 9.19. The van der Waals surface area contributed by atoms with Crippen molar-refractivity contribution in [1.82, 2.24) is 10.2 Å². The van der Waals surface area contributed by atoms with Gasteiger partial charge < -0.3 is 25.2 Å². The molecule has 2 amide bonds. The fraction of sp³-hybridized carbons (Fsp3) is 0.270. The van der Waals surface area contributed by atoms with Crippen LogP contribution in [0.2, 0.25) is 0 Å². The third-order valence-corrected chi connectivity index (χ3v) is 8.20. The Labute approximate surface area is 258 Å². The lowest BCUT2D eigenvalue weighted by Gasteiger charge is -2.38. The highest BCUT2D eigenvalue weighted by Crippen LogP contribution is 2.39. The molecule has 0 aliphatic carbocycles. The number of aliphatic hydroxyl groups is 1. The summed E-state index contributed by atoms with van der Waals surface area (Å²) in [5.74, 6) is 0. The van der Waals surface area contributed by atoms with Gasteiger partial charge in [-0.25, -0.2) is 4.79 Å². The zero-order chi connectivity index (χ0) is 30.5. The van der Waals surface area contributed by atoms with Crippen molar-refractivity contribution < 1.29 is 19.4 Å². The van der Waals surface area contributed by atoms with Crippen LogP contribution in [0.3, 0.4) is 0 Å². The van der Waals surface area contributed by atoms with E-state index in [4.69, 9.17) is 9.47 Å². The van der Waals surface area contributed by atoms with Gasteiger partial charge in [0.1, 0.15) is 0 Å². The number of carbonyl (C=O) groups excluding carboxylic acids is 1. The quantitative estimate of drug-likeness (QED) is 0.157. The summed E-state index contributed by atoms with van der Waals surface area (Å²) in [5.41, 5.74) is 4.72. The Hall–Kier alpha value is -4.27. The van der Waals surface area contributed by atoms with Crippen LogP contribution >= 0.6 is 0 Å². The first-order chi connectivity index (χ1) is 21.5. The number of urea groups is 1. The van der Waals surface area contributed by atoms with Gasteiger partial charge in [-0.05, 0) is 70.4 Å². The lowest BCUT2D eigenvalue weighted by atomic mass is 9.96. The molecule has 0 spiro atoms. The second-order valence-electron chi connectivity index (χ2n) is 11.5. The third kappa shape index (κ3) is 6.77. The number of rotatable bonds is 9. The number of hydrogen-bond donors (Lipinski definition) is 3. The smallest absolute Gasteiger partial charge is 0.319 e. The zero-order valence-electron chi connectivity index (χ0n) is 25.2. The van der Waals surface area contributed by atoms with Crippen LogP contribution in [0, 0.1) is 0 Å². The average Bonchev–Trinajstić information content (AvgIpc) is 3.04. The molecule has 6 rings (SSSR count). The SMILES string of the molecule is CCNC(=O)Nc1cccc(C2OC(CN(C)Cc3c4ccccc4cc4ccccc34)CC(c3ccc(CO)cc3)O2)c1. The molecule has 7 nitrogen and oxygen atoms in total. The molecule has 5 aromatic rings. The first kappa shape index (κ1) is 29.8. The molecule has 3 atom stereocenters. The number of hydrogen-bond acceptors (Lipinski definition) is 5. The molecule has 3 N–H and O–H groups in total. The van der Waals surface area contributed by atoms with E-state index in [9.17, 15) is 9.90 Å². The van der Waals surface area contributed by atoms with Crippen molar-refractivity contribution >= 4 is 33.3 Å². The lowest BCUT2D eigenvalue weighted by Crippen LogP contribution is -2.37. The zero-order valence-corrected chi connectivity index (χ0v) is 25.2. The molecule has 44 heavy (non-hydrogen) atoms. The van der Waals surface area contributed by atoms with E-state index in [1.54, 1.807) is 0 Å². The molecular formula is C37H39N3O4. The number of nitrogens with one attached hydrogen (secondary N) is 2. The summed E-state index contributed by atoms with van der Waals surface area (Å²) >= 11 is 0. The molecule has 1 aliphatic rings. The Morgan fingerprint density at radius 1 is 0.864 bits per heavy atom. The van der Waals surface area contributed by atoms with Gasteiger partial charge in [-0.3, -0.25) is 4.90 Å². The predicted molar refractivity (Wildman–Crippen MR) is 175 cm³/mol. The molecule has 226 valence electrons. The van der Waals surface area contributed by atoms with E-state index >= 15 is 0 Å². The van der Waals surface area contributed by atoms with Crippen LogP contribution in [-0.2, 0) is 22.6 Å². The van der Waals surface area contributed by atoms with Crippen LogP contribution in [0.5, 0.6) is 0 Å². The van der Waals surface area contributed by atoms with Crippen LogP contribution in [0.1, 0.15) is 48.0 Å². The van der Waals surface area contributed by atoms with Crippen LogP contribution in [0.25, 0.3) is 21.5 Å². The van der Waals surface area contributed by atoms with Gasteiger partial charge >= 0.3 is 6.03 Å². The molecule has 0 bridgehead atoms. The summed E-state index contributed by atoms with van der Waals surface area (Å²) in [6.45, 7) is 3.90. The van der Waals surface area contributed by atoms with Crippen molar-refractivity contribution in [3.05, 3.63) is 125 Å². The molecule has 0 radical (unpaired) electrons. The Balaban J connectivity index is 1.26. The normalized spacial score (nSPS) is 18.5. The number of aliphatic hydroxyl groups excluding tert-OH is 1. The molecule has 7 heteroatoms. The summed E-state index contributed by atoms with van der Waals surface area (Å²) in [6, 6.07) is 34.7. The van der Waals surface area contributed by atoms with Crippen LogP contribution in [0.15, 0.2) is 103 Å². The summed E-state index contributed by atoms with van der Waals surface area (Å²) < 4.78 is 13.2. The van der Waals surface area contributed by atoms with Crippen molar-refractivity contribution in [3.63, 3.8) is 0 Å². The highest BCUT2D eigenvalue weighted by molar-refractivity contribution is 6.02. The monoisotopic (exact) mass is 589 g/mol. The molecule has 3 unspecified atom stereocenters. The molecule has 1 aliphatic heterocycles. The summed E-state index contributed by atoms with van der Waals surface area (Å²) in [4.78, 5) is 14.5. The second kappa shape index (κ2) is 13.6. The Morgan fingerprint density at radius 2 is 1.57 bits per heavy atom. The van der Waals surface area contributed by atoms with Crippen molar-refractivity contribution in [3.8, 4) is 0 Å². The number of carbonyl (C=O) groups is 1. The Bertz CT molecular complexity index is 1680. The first-order valence-corrected chi connectivity index (χ1v) is 15.2. The minimum atomic E-state index is -0.612. The maximum atomic E-state index is 12.2. The van der Waals surface area contributed by atoms with E-state index in [-0.39, 0.29) is 24.8 Å². The fourth-order valence-corrected chi connectivity index (χ4v) is 6.09. The molecule has 1 heterocycles. The van der Waals surface area contributed by atoms with Gasteiger partial charge in [0.05, 0.1) is 18.8 Å². The number of fused-ring (bicyclic) bond motifs is 2. The van der Waals surface area contributed by atoms with Crippen molar-refractivity contribution in [2.75, 3.05) is 25.5 Å². The predicted octanol–water partition coefficient (Wildman–Crippen LogP) is 7.30. The standard InChI is InChI=1S/C37H39N3O4/c1-3-38-37(42)39-30-12-8-11-29(20-30)36-43-31(21-35(44-36)26-17-15-25(24-41)16-18-26)22-40(2)23-34-32-13-6-4-9-27(32)19-28-10-5-7-14-33(28)34/h4-20,31,35-36,41H,3,21-24H2,1-2H3,(H2,38,39,42). The van der Waals surface area contributed by atoms with Gasteiger partial charge in [-0.1, -0.05) is 84.9 Å². The van der Waals surface area contributed by atoms with E-state index in [0.29, 0.717) is 25.2 Å². The summed E-state index contributed by atoms with van der Waals surface area (Å²) in [5, 5.41) is 20.2. The highest BCUT2D eigenvalue weighted by Gasteiger charge is 2.33. The largest absolute Gasteiger partial charge is 0.392 e. The molecule has 0 aromatic heterocycles. The van der Waals surface area contributed by atoms with Gasteiger partial charge in [0.15, 0.2) is 6.29 Å². The second-order valence-corrected chi connectivity index (χ2v) is 11.5. The van der Waals surface area contributed by atoms with E-state index < -0.39 is 6.29 Å². The number of ether oxygens (including phenoxy) is 2. The van der Waals surface area contributed by atoms with Gasteiger partial charge in [0.25, 0.3) is 0 Å². The number of likely N-dealkylation sites (N-methyl/N-ethyl adjacent to an activating group) is 1. The molecule has 1 saturated heterocycles. The third-order valence-electron chi connectivity index (χ3n) is 8.20.